The van der Waals surface area contributed by atoms with Crippen LogP contribution in [0, 0.1) is 0 Å². The van der Waals surface area contributed by atoms with Crippen LogP contribution in [0.25, 0.3) is 0 Å². The maximum atomic E-state index is 6.68. The van der Waals surface area contributed by atoms with Gasteiger partial charge in [-0.3, -0.25) is 9.97 Å². The van der Waals surface area contributed by atoms with E-state index < -0.39 is 0 Å². The van der Waals surface area contributed by atoms with Crippen LogP contribution in [0.5, 0.6) is 0 Å². The summed E-state index contributed by atoms with van der Waals surface area (Å²) < 4.78 is 0. The molecular weight excluding hydrogens is 411 g/mol. The van der Waals surface area contributed by atoms with E-state index in [1.807, 2.05) is 24.5 Å². The first-order chi connectivity index (χ1) is 14.8. The van der Waals surface area contributed by atoms with E-state index in [0.29, 0.717) is 0 Å². The first kappa shape index (κ1) is 19.3. The molecule has 0 N–H and O–H groups in total. The molecule has 2 heterocycles. The van der Waals surface area contributed by atoms with Crippen molar-refractivity contribution in [3.63, 3.8) is 0 Å². The zero-order valence-corrected chi connectivity index (χ0v) is 17.7. The van der Waals surface area contributed by atoms with Crippen LogP contribution in [0.3, 0.4) is 0 Å². The van der Waals surface area contributed by atoms with Gasteiger partial charge in [0.1, 0.15) is 0 Å². The predicted octanol–water partition coefficient (Wildman–Crippen LogP) is 7.23. The number of pyridine rings is 2. The van der Waals surface area contributed by atoms with Gasteiger partial charge < -0.3 is 0 Å². The average Bonchev–Trinajstić information content (AvgIpc) is 2.77. The second-order valence-corrected chi connectivity index (χ2v) is 8.53. The average molecular weight is 431 g/mol. The maximum absolute atomic E-state index is 6.68. The standard InChI is InChI=1S/C26H20Cl2N2/c27-21-11-13-29-15-19(21)25-23(17-7-3-1-4-8-17)26(20-16-30-14-12-22(20)28)24(25)18-9-5-2-6-10-18/h1-16,23-26H. The van der Waals surface area contributed by atoms with Gasteiger partial charge in [-0.05, 0) is 46.2 Å². The number of hydrogen-bond donors (Lipinski definition) is 0. The van der Waals surface area contributed by atoms with E-state index in [4.69, 9.17) is 23.2 Å². The van der Waals surface area contributed by atoms with Gasteiger partial charge in [-0.15, -0.1) is 0 Å². The van der Waals surface area contributed by atoms with E-state index in [1.165, 1.54) is 11.1 Å². The van der Waals surface area contributed by atoms with E-state index in [2.05, 4.69) is 70.6 Å². The van der Waals surface area contributed by atoms with Crippen molar-refractivity contribution in [3.05, 3.63) is 130 Å². The normalized spacial score (nSPS) is 23.0. The van der Waals surface area contributed by atoms with Gasteiger partial charge in [0.2, 0.25) is 0 Å². The molecule has 4 aromatic rings. The molecule has 0 unspecified atom stereocenters. The summed E-state index contributed by atoms with van der Waals surface area (Å²) in [6.45, 7) is 0. The highest BCUT2D eigenvalue weighted by molar-refractivity contribution is 6.31. The molecule has 0 amide bonds. The fourth-order valence-corrected chi connectivity index (χ4v) is 5.43. The van der Waals surface area contributed by atoms with Gasteiger partial charge >= 0.3 is 0 Å². The fraction of sp³-hybridized carbons (Fsp3) is 0.154. The van der Waals surface area contributed by atoms with Gasteiger partial charge in [-0.2, -0.15) is 0 Å². The van der Waals surface area contributed by atoms with E-state index in [9.17, 15) is 0 Å². The van der Waals surface area contributed by atoms with E-state index >= 15 is 0 Å². The van der Waals surface area contributed by atoms with Crippen molar-refractivity contribution >= 4 is 23.2 Å². The molecule has 0 atom stereocenters. The molecular formula is C26H20Cl2N2. The van der Waals surface area contributed by atoms with Crippen molar-refractivity contribution in [1.82, 2.24) is 9.97 Å². The summed E-state index contributed by atoms with van der Waals surface area (Å²) in [5, 5.41) is 1.51. The molecule has 0 saturated heterocycles. The number of halogens is 2. The Hall–Kier alpha value is -2.68. The second kappa shape index (κ2) is 8.22. The van der Waals surface area contributed by atoms with E-state index in [-0.39, 0.29) is 23.7 Å². The zero-order chi connectivity index (χ0) is 20.5. The van der Waals surface area contributed by atoms with Crippen LogP contribution in [0.1, 0.15) is 45.9 Å². The second-order valence-electron chi connectivity index (χ2n) is 7.72. The molecule has 0 radical (unpaired) electrons. The quantitative estimate of drug-likeness (QED) is 0.341. The summed E-state index contributed by atoms with van der Waals surface area (Å²) in [6, 6.07) is 25.0. The highest BCUT2D eigenvalue weighted by Gasteiger charge is 2.53. The smallest absolute Gasteiger partial charge is 0.0471 e. The molecule has 148 valence electrons. The van der Waals surface area contributed by atoms with Crippen LogP contribution in [-0.2, 0) is 0 Å². The summed E-state index contributed by atoms with van der Waals surface area (Å²) in [4.78, 5) is 8.79. The minimum atomic E-state index is 0.192. The predicted molar refractivity (Wildman–Crippen MR) is 122 cm³/mol. The molecule has 1 fully saturated rings. The number of hydrogen-bond acceptors (Lipinski definition) is 2. The summed E-state index contributed by atoms with van der Waals surface area (Å²) in [6.07, 6.45) is 7.32. The maximum Gasteiger partial charge on any atom is 0.0471 e. The first-order valence-corrected chi connectivity index (χ1v) is 10.8. The highest BCUT2D eigenvalue weighted by atomic mass is 35.5. The molecule has 0 spiro atoms. The third-order valence-corrected chi connectivity index (χ3v) is 6.92. The third-order valence-electron chi connectivity index (χ3n) is 6.23. The van der Waals surface area contributed by atoms with Gasteiger partial charge in [0.15, 0.2) is 0 Å². The first-order valence-electron chi connectivity index (χ1n) is 10.0. The number of nitrogens with zero attached hydrogens (tertiary/aromatic N) is 2. The van der Waals surface area contributed by atoms with E-state index in [0.717, 1.165) is 21.2 Å². The fourth-order valence-electron chi connectivity index (χ4n) is 4.97. The topological polar surface area (TPSA) is 25.8 Å². The highest BCUT2D eigenvalue weighted by Crippen LogP contribution is 2.67. The lowest BCUT2D eigenvalue weighted by Gasteiger charge is -2.53. The van der Waals surface area contributed by atoms with Crippen LogP contribution >= 0.6 is 23.2 Å². The molecule has 1 aliphatic rings. The molecule has 4 heteroatoms. The Morgan fingerprint density at radius 2 is 0.900 bits per heavy atom. The Morgan fingerprint density at radius 3 is 1.27 bits per heavy atom. The lowest BCUT2D eigenvalue weighted by atomic mass is 9.49. The van der Waals surface area contributed by atoms with E-state index in [1.54, 1.807) is 12.4 Å². The van der Waals surface area contributed by atoms with Crippen molar-refractivity contribution < 1.29 is 0 Å². The van der Waals surface area contributed by atoms with Gasteiger partial charge in [-0.25, -0.2) is 0 Å². The van der Waals surface area contributed by atoms with Crippen molar-refractivity contribution in [3.8, 4) is 0 Å². The summed E-state index contributed by atoms with van der Waals surface area (Å²) in [7, 11) is 0. The molecule has 2 nitrogen and oxygen atoms in total. The molecule has 30 heavy (non-hydrogen) atoms. The zero-order valence-electron chi connectivity index (χ0n) is 16.2. The van der Waals surface area contributed by atoms with Gasteiger partial charge in [-0.1, -0.05) is 83.9 Å². The molecule has 0 aliphatic heterocycles. The third kappa shape index (κ3) is 3.30. The Morgan fingerprint density at radius 1 is 0.500 bits per heavy atom. The summed E-state index contributed by atoms with van der Waals surface area (Å²) in [5.41, 5.74) is 4.72. The van der Waals surface area contributed by atoms with Crippen molar-refractivity contribution in [2.45, 2.75) is 23.7 Å². The molecule has 1 saturated carbocycles. The molecule has 2 aromatic carbocycles. The Balaban J connectivity index is 1.72. The SMILES string of the molecule is Clc1ccncc1C1C(c2ccccc2)C(c2cnccc2Cl)C1c1ccccc1. The minimum absolute atomic E-state index is 0.192. The monoisotopic (exact) mass is 430 g/mol. The molecule has 2 aromatic heterocycles. The Kier molecular flexibility index (Phi) is 5.28. The number of benzene rings is 2. The minimum Gasteiger partial charge on any atom is -0.264 e. The van der Waals surface area contributed by atoms with Crippen LogP contribution < -0.4 is 0 Å². The molecule has 1 aliphatic carbocycles. The van der Waals surface area contributed by atoms with Crippen molar-refractivity contribution in [2.75, 3.05) is 0 Å². The Labute approximate surface area is 186 Å². The van der Waals surface area contributed by atoms with Crippen LogP contribution in [0.15, 0.2) is 97.6 Å². The van der Waals surface area contributed by atoms with Gasteiger partial charge in [0, 0.05) is 46.7 Å². The van der Waals surface area contributed by atoms with Gasteiger partial charge in [0.25, 0.3) is 0 Å². The number of aromatic nitrogens is 2. The van der Waals surface area contributed by atoms with Crippen molar-refractivity contribution in [2.24, 2.45) is 0 Å². The van der Waals surface area contributed by atoms with Gasteiger partial charge in [0.05, 0.1) is 0 Å². The molecule has 0 bridgehead atoms. The van der Waals surface area contributed by atoms with Crippen LogP contribution in [0.2, 0.25) is 10.0 Å². The lowest BCUT2D eigenvalue weighted by molar-refractivity contribution is 0.228. The Bertz CT molecular complexity index is 1050. The number of rotatable bonds is 4. The summed E-state index contributed by atoms with van der Waals surface area (Å²) >= 11 is 13.4. The summed E-state index contributed by atoms with van der Waals surface area (Å²) in [5.74, 6) is 0.828. The largest absolute Gasteiger partial charge is 0.264 e. The lowest BCUT2D eigenvalue weighted by Crippen LogP contribution is -2.40. The van der Waals surface area contributed by atoms with Crippen LogP contribution in [-0.4, -0.2) is 9.97 Å². The molecule has 5 rings (SSSR count). The van der Waals surface area contributed by atoms with Crippen molar-refractivity contribution in [1.29, 1.82) is 0 Å². The van der Waals surface area contributed by atoms with Crippen LogP contribution in [0.4, 0.5) is 0 Å².